The van der Waals surface area contributed by atoms with Crippen molar-refractivity contribution < 1.29 is 4.74 Å². The standard InChI is InChI=1S/C26H25NO/c1-27(19-10-4-9-14-23-12-5-2-6-13-23)21-25-17-11-18-26(20-25)28-22-24-15-7-3-8-16-24/h2-8,10-13,15-18,20H,19,21-22H2,1H3. The highest BCUT2D eigenvalue weighted by Gasteiger charge is 2.01. The molecule has 3 aromatic carbocycles. The van der Waals surface area contributed by atoms with Crippen LogP contribution in [0.15, 0.2) is 97.1 Å². The quantitative estimate of drug-likeness (QED) is 0.525. The number of allylic oxidation sites excluding steroid dienone is 1. The minimum atomic E-state index is 0.586. The zero-order valence-corrected chi connectivity index (χ0v) is 16.2. The topological polar surface area (TPSA) is 12.5 Å². The molecule has 0 aromatic heterocycles. The number of rotatable bonds is 7. The Morgan fingerprint density at radius 1 is 0.857 bits per heavy atom. The highest BCUT2D eigenvalue weighted by molar-refractivity contribution is 5.36. The van der Waals surface area contributed by atoms with E-state index in [1.54, 1.807) is 0 Å². The highest BCUT2D eigenvalue weighted by atomic mass is 16.5. The van der Waals surface area contributed by atoms with Crippen LogP contribution < -0.4 is 4.74 Å². The molecule has 0 unspecified atom stereocenters. The summed E-state index contributed by atoms with van der Waals surface area (Å²) in [5.41, 5.74) is 3.44. The van der Waals surface area contributed by atoms with Crippen LogP contribution in [0.4, 0.5) is 0 Å². The summed E-state index contributed by atoms with van der Waals surface area (Å²) in [5.74, 6) is 7.12. The summed E-state index contributed by atoms with van der Waals surface area (Å²) in [6, 6.07) is 28.5. The molecular formula is C26H25NO. The monoisotopic (exact) mass is 367 g/mol. The van der Waals surface area contributed by atoms with Gasteiger partial charge in [0.05, 0.1) is 0 Å². The van der Waals surface area contributed by atoms with Crippen molar-refractivity contribution in [2.75, 3.05) is 13.6 Å². The first-order valence-corrected chi connectivity index (χ1v) is 9.45. The first-order chi connectivity index (χ1) is 13.8. The molecule has 0 amide bonds. The summed E-state index contributed by atoms with van der Waals surface area (Å²) in [7, 11) is 2.10. The molecule has 0 heterocycles. The average molecular weight is 367 g/mol. The second kappa shape index (κ2) is 10.8. The van der Waals surface area contributed by atoms with Crippen molar-refractivity contribution in [3.63, 3.8) is 0 Å². The van der Waals surface area contributed by atoms with E-state index in [0.29, 0.717) is 6.61 Å². The molecule has 0 spiro atoms. The third-order valence-electron chi connectivity index (χ3n) is 4.21. The normalized spacial score (nSPS) is 10.6. The van der Waals surface area contributed by atoms with Gasteiger partial charge in [-0.05, 0) is 48.5 Å². The van der Waals surface area contributed by atoms with Gasteiger partial charge in [-0.15, -0.1) is 0 Å². The van der Waals surface area contributed by atoms with Crippen LogP contribution in [0.1, 0.15) is 16.7 Å². The summed E-state index contributed by atoms with van der Waals surface area (Å²) >= 11 is 0. The van der Waals surface area contributed by atoms with Crippen LogP contribution in [0.3, 0.4) is 0 Å². The Kier molecular flexibility index (Phi) is 7.49. The first-order valence-electron chi connectivity index (χ1n) is 9.45. The summed E-state index contributed by atoms with van der Waals surface area (Å²) in [4.78, 5) is 2.25. The third kappa shape index (κ3) is 6.79. The molecule has 2 nitrogen and oxygen atoms in total. The Bertz CT molecular complexity index is 936. The summed E-state index contributed by atoms with van der Waals surface area (Å²) < 4.78 is 5.92. The number of benzene rings is 3. The summed E-state index contributed by atoms with van der Waals surface area (Å²) in [6.07, 6.45) is 4.01. The van der Waals surface area contributed by atoms with E-state index in [2.05, 4.69) is 54.1 Å². The zero-order chi connectivity index (χ0) is 19.4. The van der Waals surface area contributed by atoms with Crippen molar-refractivity contribution in [2.24, 2.45) is 0 Å². The van der Waals surface area contributed by atoms with Crippen LogP contribution in [0.25, 0.3) is 0 Å². The van der Waals surface area contributed by atoms with Gasteiger partial charge in [0.15, 0.2) is 0 Å². The fourth-order valence-electron chi connectivity index (χ4n) is 2.79. The molecule has 0 atom stereocenters. The fourth-order valence-corrected chi connectivity index (χ4v) is 2.79. The molecule has 0 N–H and O–H groups in total. The molecule has 140 valence electrons. The van der Waals surface area contributed by atoms with E-state index in [-0.39, 0.29) is 0 Å². The Morgan fingerprint density at radius 3 is 2.36 bits per heavy atom. The van der Waals surface area contributed by atoms with Crippen molar-refractivity contribution >= 4 is 0 Å². The van der Waals surface area contributed by atoms with Gasteiger partial charge >= 0.3 is 0 Å². The third-order valence-corrected chi connectivity index (χ3v) is 4.21. The lowest BCUT2D eigenvalue weighted by Crippen LogP contribution is -2.17. The lowest BCUT2D eigenvalue weighted by atomic mass is 10.2. The van der Waals surface area contributed by atoms with Gasteiger partial charge in [-0.2, -0.15) is 0 Å². The van der Waals surface area contributed by atoms with E-state index in [9.17, 15) is 0 Å². The van der Waals surface area contributed by atoms with Crippen molar-refractivity contribution in [3.8, 4) is 17.6 Å². The minimum absolute atomic E-state index is 0.586. The molecule has 0 aliphatic carbocycles. The van der Waals surface area contributed by atoms with Crippen LogP contribution in [-0.4, -0.2) is 18.5 Å². The average Bonchev–Trinajstić information content (AvgIpc) is 2.74. The van der Waals surface area contributed by atoms with E-state index in [0.717, 1.165) is 24.4 Å². The van der Waals surface area contributed by atoms with Crippen LogP contribution in [0.2, 0.25) is 0 Å². The van der Waals surface area contributed by atoms with E-state index < -0.39 is 0 Å². The van der Waals surface area contributed by atoms with Crippen LogP contribution in [0, 0.1) is 11.8 Å². The molecule has 0 aliphatic rings. The summed E-state index contributed by atoms with van der Waals surface area (Å²) in [6.45, 7) is 2.29. The Labute approximate surface area is 168 Å². The number of hydrogen-bond acceptors (Lipinski definition) is 2. The van der Waals surface area contributed by atoms with Gasteiger partial charge in [0.25, 0.3) is 0 Å². The Balaban J connectivity index is 1.46. The maximum Gasteiger partial charge on any atom is 0.120 e. The van der Waals surface area contributed by atoms with Crippen LogP contribution in [-0.2, 0) is 13.2 Å². The predicted molar refractivity (Wildman–Crippen MR) is 116 cm³/mol. The first kappa shape index (κ1) is 19.5. The fraction of sp³-hybridized carbons (Fsp3) is 0.154. The van der Waals surface area contributed by atoms with Crippen molar-refractivity contribution in [2.45, 2.75) is 13.2 Å². The lowest BCUT2D eigenvalue weighted by molar-refractivity contribution is 0.304. The predicted octanol–water partition coefficient (Wildman–Crippen LogP) is 5.31. The summed E-state index contributed by atoms with van der Waals surface area (Å²) in [5, 5.41) is 0. The van der Waals surface area contributed by atoms with E-state index in [1.807, 2.05) is 66.7 Å². The number of likely N-dealkylation sites (N-methyl/N-ethyl adjacent to an activating group) is 1. The van der Waals surface area contributed by atoms with E-state index in [4.69, 9.17) is 4.74 Å². The SMILES string of the molecule is CN(CC=CC#Cc1ccccc1)Cc1cccc(OCc2ccccc2)c1. The van der Waals surface area contributed by atoms with Crippen LogP contribution >= 0.6 is 0 Å². The van der Waals surface area contributed by atoms with Gasteiger partial charge in [-0.1, -0.05) is 78.6 Å². The molecule has 0 radical (unpaired) electrons. The maximum atomic E-state index is 5.92. The second-order valence-electron chi connectivity index (χ2n) is 6.66. The van der Waals surface area contributed by atoms with Crippen LogP contribution in [0.5, 0.6) is 5.75 Å². The zero-order valence-electron chi connectivity index (χ0n) is 16.2. The van der Waals surface area contributed by atoms with Gasteiger partial charge in [0, 0.05) is 18.7 Å². The Hall–Kier alpha value is -3.28. The molecule has 0 fully saturated rings. The minimum Gasteiger partial charge on any atom is -0.489 e. The van der Waals surface area contributed by atoms with Gasteiger partial charge in [-0.3, -0.25) is 4.90 Å². The number of hydrogen-bond donors (Lipinski definition) is 0. The van der Waals surface area contributed by atoms with Crippen molar-refractivity contribution in [1.82, 2.24) is 4.90 Å². The molecule has 0 saturated carbocycles. The molecule has 0 bridgehead atoms. The smallest absolute Gasteiger partial charge is 0.120 e. The van der Waals surface area contributed by atoms with E-state index in [1.165, 1.54) is 11.1 Å². The van der Waals surface area contributed by atoms with Gasteiger partial charge in [0.1, 0.15) is 12.4 Å². The molecule has 0 aliphatic heterocycles. The van der Waals surface area contributed by atoms with Crippen molar-refractivity contribution in [3.05, 3.63) is 114 Å². The maximum absolute atomic E-state index is 5.92. The number of ether oxygens (including phenoxy) is 1. The number of nitrogens with zero attached hydrogens (tertiary/aromatic N) is 1. The second-order valence-corrected chi connectivity index (χ2v) is 6.66. The molecule has 28 heavy (non-hydrogen) atoms. The van der Waals surface area contributed by atoms with Gasteiger partial charge in [-0.25, -0.2) is 0 Å². The van der Waals surface area contributed by atoms with Gasteiger partial charge in [0.2, 0.25) is 0 Å². The van der Waals surface area contributed by atoms with Crippen molar-refractivity contribution in [1.29, 1.82) is 0 Å². The highest BCUT2D eigenvalue weighted by Crippen LogP contribution is 2.16. The molecule has 2 heteroatoms. The van der Waals surface area contributed by atoms with Gasteiger partial charge < -0.3 is 4.74 Å². The lowest BCUT2D eigenvalue weighted by Gasteiger charge is -2.15. The molecular weight excluding hydrogens is 342 g/mol. The molecule has 3 aromatic rings. The van der Waals surface area contributed by atoms with E-state index >= 15 is 0 Å². The largest absolute Gasteiger partial charge is 0.489 e. The molecule has 0 saturated heterocycles. The Morgan fingerprint density at radius 2 is 1.57 bits per heavy atom. The molecule has 3 rings (SSSR count).